The van der Waals surface area contributed by atoms with Crippen LogP contribution >= 0.6 is 11.3 Å². The van der Waals surface area contributed by atoms with Gasteiger partial charge in [0.1, 0.15) is 17.2 Å². The maximum absolute atomic E-state index is 12.0. The van der Waals surface area contributed by atoms with E-state index in [1.54, 1.807) is 0 Å². The molecular weight excluding hydrogens is 326 g/mol. The average Bonchev–Trinajstić information content (AvgIpc) is 2.91. The molecule has 5 nitrogen and oxygen atoms in total. The number of carboxylic acid groups (broad SMARTS) is 1. The van der Waals surface area contributed by atoms with Gasteiger partial charge in [0.15, 0.2) is 0 Å². The SMILES string of the molecule is CCc1c(C(=O)O)sc(=O)n1CCOc1cccc2ccccc12. The Kier molecular flexibility index (Phi) is 4.66. The highest BCUT2D eigenvalue weighted by atomic mass is 32.1. The topological polar surface area (TPSA) is 68.5 Å². The van der Waals surface area contributed by atoms with Gasteiger partial charge < -0.3 is 9.84 Å². The quantitative estimate of drug-likeness (QED) is 0.745. The van der Waals surface area contributed by atoms with Crippen molar-refractivity contribution in [3.05, 3.63) is 62.7 Å². The summed E-state index contributed by atoms with van der Waals surface area (Å²) >= 11 is 0.775. The fourth-order valence-corrected chi connectivity index (χ4v) is 3.69. The highest BCUT2D eigenvalue weighted by Crippen LogP contribution is 2.25. The van der Waals surface area contributed by atoms with Crippen LogP contribution in [-0.2, 0) is 13.0 Å². The highest BCUT2D eigenvalue weighted by Gasteiger charge is 2.18. The number of fused-ring (bicyclic) bond motifs is 1. The van der Waals surface area contributed by atoms with Gasteiger partial charge >= 0.3 is 10.8 Å². The predicted molar refractivity (Wildman–Crippen MR) is 94.4 cm³/mol. The van der Waals surface area contributed by atoms with Crippen LogP contribution in [-0.4, -0.2) is 22.2 Å². The average molecular weight is 343 g/mol. The fraction of sp³-hybridized carbons (Fsp3) is 0.222. The summed E-state index contributed by atoms with van der Waals surface area (Å²) < 4.78 is 7.34. The van der Waals surface area contributed by atoms with Gasteiger partial charge in [-0.05, 0) is 17.9 Å². The summed E-state index contributed by atoms with van der Waals surface area (Å²) in [6, 6.07) is 13.8. The molecule has 0 atom stereocenters. The maximum Gasteiger partial charge on any atom is 0.347 e. The molecule has 0 saturated heterocycles. The summed E-state index contributed by atoms with van der Waals surface area (Å²) in [6.45, 7) is 2.47. The minimum absolute atomic E-state index is 0.118. The Labute approximate surface area is 142 Å². The van der Waals surface area contributed by atoms with E-state index >= 15 is 0 Å². The number of carboxylic acids is 1. The lowest BCUT2D eigenvalue weighted by molar-refractivity contribution is 0.0700. The minimum atomic E-state index is -1.05. The van der Waals surface area contributed by atoms with Crippen LogP contribution < -0.4 is 9.61 Å². The predicted octanol–water partition coefficient (Wildman–Crippen LogP) is 3.40. The minimum Gasteiger partial charge on any atom is -0.491 e. The van der Waals surface area contributed by atoms with Gasteiger partial charge in [0, 0.05) is 11.1 Å². The number of aromatic nitrogens is 1. The van der Waals surface area contributed by atoms with E-state index in [1.165, 1.54) is 4.57 Å². The van der Waals surface area contributed by atoms with E-state index in [2.05, 4.69) is 0 Å². The van der Waals surface area contributed by atoms with Crippen LogP contribution in [0.2, 0.25) is 0 Å². The normalized spacial score (nSPS) is 10.9. The van der Waals surface area contributed by atoms with Gasteiger partial charge in [-0.2, -0.15) is 0 Å². The molecule has 0 amide bonds. The van der Waals surface area contributed by atoms with Crippen molar-refractivity contribution in [1.29, 1.82) is 0 Å². The van der Waals surface area contributed by atoms with Crippen molar-refractivity contribution in [3.8, 4) is 5.75 Å². The van der Waals surface area contributed by atoms with E-state index in [0.29, 0.717) is 25.3 Å². The smallest absolute Gasteiger partial charge is 0.347 e. The Balaban J connectivity index is 1.79. The molecule has 0 radical (unpaired) electrons. The number of hydrogen-bond acceptors (Lipinski definition) is 4. The van der Waals surface area contributed by atoms with Gasteiger partial charge in [0.05, 0.1) is 6.54 Å². The summed E-state index contributed by atoms with van der Waals surface area (Å²) in [7, 11) is 0. The van der Waals surface area contributed by atoms with Gasteiger partial charge in [0.2, 0.25) is 0 Å². The Morgan fingerprint density at radius 1 is 1.21 bits per heavy atom. The third-order valence-corrected chi connectivity index (χ3v) is 4.86. The van der Waals surface area contributed by atoms with E-state index in [0.717, 1.165) is 27.9 Å². The molecule has 0 aliphatic heterocycles. The molecule has 24 heavy (non-hydrogen) atoms. The van der Waals surface area contributed by atoms with E-state index in [4.69, 9.17) is 4.74 Å². The van der Waals surface area contributed by atoms with Crippen molar-refractivity contribution < 1.29 is 14.6 Å². The van der Waals surface area contributed by atoms with Crippen molar-refractivity contribution in [2.45, 2.75) is 19.9 Å². The molecule has 6 heteroatoms. The first-order valence-corrected chi connectivity index (χ1v) is 8.49. The number of carbonyl (C=O) groups is 1. The molecule has 0 fully saturated rings. The molecule has 2 aromatic carbocycles. The van der Waals surface area contributed by atoms with Crippen LogP contribution in [0.1, 0.15) is 22.3 Å². The molecule has 124 valence electrons. The lowest BCUT2D eigenvalue weighted by Gasteiger charge is -2.11. The number of rotatable bonds is 6. The Morgan fingerprint density at radius 3 is 2.71 bits per heavy atom. The van der Waals surface area contributed by atoms with Crippen molar-refractivity contribution >= 4 is 28.1 Å². The number of thiazole rings is 1. The summed E-state index contributed by atoms with van der Waals surface area (Å²) in [4.78, 5) is 23.1. The van der Waals surface area contributed by atoms with Gasteiger partial charge in [-0.1, -0.05) is 54.7 Å². The second-order valence-electron chi connectivity index (χ2n) is 5.28. The van der Waals surface area contributed by atoms with Crippen molar-refractivity contribution in [1.82, 2.24) is 4.57 Å². The zero-order valence-corrected chi connectivity index (χ0v) is 14.0. The van der Waals surface area contributed by atoms with Crippen LogP contribution in [0.15, 0.2) is 47.3 Å². The molecule has 3 rings (SSSR count). The zero-order valence-electron chi connectivity index (χ0n) is 13.2. The largest absolute Gasteiger partial charge is 0.491 e. The first-order valence-electron chi connectivity index (χ1n) is 7.68. The van der Waals surface area contributed by atoms with Gasteiger partial charge in [-0.25, -0.2) is 4.79 Å². The molecule has 0 bridgehead atoms. The number of ether oxygens (including phenoxy) is 1. The van der Waals surface area contributed by atoms with Crippen LogP contribution in [0.5, 0.6) is 5.75 Å². The molecular formula is C18H17NO4S. The Morgan fingerprint density at radius 2 is 1.96 bits per heavy atom. The molecule has 0 saturated carbocycles. The van der Waals surface area contributed by atoms with Gasteiger partial charge in [-0.15, -0.1) is 0 Å². The summed E-state index contributed by atoms with van der Waals surface area (Å²) in [6.07, 6.45) is 0.495. The summed E-state index contributed by atoms with van der Waals surface area (Å²) in [5.74, 6) is -0.296. The number of benzene rings is 2. The van der Waals surface area contributed by atoms with Crippen LogP contribution in [0, 0.1) is 0 Å². The molecule has 1 heterocycles. The second-order valence-corrected chi connectivity index (χ2v) is 6.24. The van der Waals surface area contributed by atoms with Crippen molar-refractivity contribution in [2.24, 2.45) is 0 Å². The number of aromatic carboxylic acids is 1. The molecule has 0 aliphatic rings. The molecule has 0 aliphatic carbocycles. The summed E-state index contributed by atoms with van der Waals surface area (Å²) in [5, 5.41) is 11.3. The third-order valence-electron chi connectivity index (χ3n) is 3.85. The molecule has 1 N–H and O–H groups in total. The first kappa shape index (κ1) is 16.3. The third kappa shape index (κ3) is 3.05. The van der Waals surface area contributed by atoms with E-state index in [-0.39, 0.29) is 9.75 Å². The lowest BCUT2D eigenvalue weighted by atomic mass is 10.1. The Bertz CT molecular complexity index is 936. The Hall–Kier alpha value is -2.60. The van der Waals surface area contributed by atoms with E-state index in [9.17, 15) is 14.7 Å². The molecule has 3 aromatic rings. The van der Waals surface area contributed by atoms with Gasteiger partial charge in [-0.3, -0.25) is 9.36 Å². The maximum atomic E-state index is 12.0. The van der Waals surface area contributed by atoms with Crippen LogP contribution in [0.4, 0.5) is 0 Å². The van der Waals surface area contributed by atoms with Crippen LogP contribution in [0.25, 0.3) is 10.8 Å². The molecule has 0 spiro atoms. The van der Waals surface area contributed by atoms with Gasteiger partial charge in [0.25, 0.3) is 0 Å². The highest BCUT2D eigenvalue weighted by molar-refractivity contribution is 7.11. The first-order chi connectivity index (χ1) is 11.6. The number of nitrogens with zero attached hydrogens (tertiary/aromatic N) is 1. The second kappa shape index (κ2) is 6.88. The molecule has 0 unspecified atom stereocenters. The molecule has 1 aromatic heterocycles. The lowest BCUT2D eigenvalue weighted by Crippen LogP contribution is -2.20. The van der Waals surface area contributed by atoms with E-state index < -0.39 is 5.97 Å². The fourth-order valence-electron chi connectivity index (χ4n) is 2.75. The monoisotopic (exact) mass is 343 g/mol. The van der Waals surface area contributed by atoms with Crippen molar-refractivity contribution in [2.75, 3.05) is 6.61 Å². The summed E-state index contributed by atoms with van der Waals surface area (Å²) in [5.41, 5.74) is 0.555. The van der Waals surface area contributed by atoms with E-state index in [1.807, 2.05) is 49.4 Å². The standard InChI is InChI=1S/C18H17NO4S/c1-2-14-16(17(20)21)24-18(22)19(14)10-11-23-15-9-5-7-12-6-3-4-8-13(12)15/h3-9H,2,10-11H2,1H3,(H,20,21). The zero-order chi connectivity index (χ0) is 17.1. The van der Waals surface area contributed by atoms with Crippen LogP contribution in [0.3, 0.4) is 0 Å². The number of hydrogen-bond donors (Lipinski definition) is 1. The van der Waals surface area contributed by atoms with Crippen molar-refractivity contribution in [3.63, 3.8) is 0 Å².